The molecule has 24 heavy (non-hydrogen) atoms. The van der Waals surface area contributed by atoms with Crippen molar-refractivity contribution in [2.45, 2.75) is 20.8 Å². The summed E-state index contributed by atoms with van der Waals surface area (Å²) in [5.74, 6) is 0.693. The summed E-state index contributed by atoms with van der Waals surface area (Å²) in [5.41, 5.74) is 1.45. The Morgan fingerprint density at radius 1 is 1.12 bits per heavy atom. The molecule has 0 spiro atoms. The van der Waals surface area contributed by atoms with Gasteiger partial charge < -0.3 is 19.3 Å². The molecule has 1 aromatic heterocycles. The monoisotopic (exact) mass is 352 g/mol. The minimum Gasteiger partial charge on any atom is -0.508 e. The molecule has 1 N–H and O–H groups in total. The van der Waals surface area contributed by atoms with Gasteiger partial charge in [0.1, 0.15) is 11.3 Å². The maximum atomic E-state index is 12.6. The van der Waals surface area contributed by atoms with E-state index in [1.54, 1.807) is 31.7 Å². The predicted octanol–water partition coefficient (Wildman–Crippen LogP) is 2.21. The summed E-state index contributed by atoms with van der Waals surface area (Å²) >= 11 is 0. The van der Waals surface area contributed by atoms with Crippen LogP contribution in [0.1, 0.15) is 18.1 Å². The summed E-state index contributed by atoms with van der Waals surface area (Å²) in [5, 5.41) is 10.3. The number of hydrogen-bond donors (Lipinski definition) is 1. The summed E-state index contributed by atoms with van der Waals surface area (Å²) in [6.45, 7) is 7.49. The zero-order valence-corrected chi connectivity index (χ0v) is 14.8. The molecule has 130 valence electrons. The molecule has 0 bridgehead atoms. The second kappa shape index (κ2) is 6.73. The Morgan fingerprint density at radius 3 is 2.33 bits per heavy atom. The lowest BCUT2D eigenvalue weighted by atomic mass is 10.1. The number of phenols is 1. The highest BCUT2D eigenvalue weighted by Crippen LogP contribution is 2.30. The number of piperazine rings is 1. The Balaban J connectivity index is 0.00000208. The minimum atomic E-state index is -0.0849. The van der Waals surface area contributed by atoms with Gasteiger partial charge in [0, 0.05) is 38.7 Å². The van der Waals surface area contributed by atoms with Crippen molar-refractivity contribution in [2.75, 3.05) is 31.1 Å². The second-order valence-corrected chi connectivity index (χ2v) is 5.94. The number of aromatic hydroxyl groups is 1. The molecule has 2 heterocycles. The van der Waals surface area contributed by atoms with Gasteiger partial charge in [0.2, 0.25) is 11.8 Å². The lowest BCUT2D eigenvalue weighted by Crippen LogP contribution is -2.48. The van der Waals surface area contributed by atoms with Crippen LogP contribution in [-0.4, -0.2) is 42.1 Å². The normalized spacial score (nSPS) is 14.6. The first-order chi connectivity index (χ1) is 10.9. The second-order valence-electron chi connectivity index (χ2n) is 5.94. The number of benzene rings is 1. The number of amides is 1. The molecule has 3 rings (SSSR count). The molecule has 0 radical (unpaired) electrons. The van der Waals surface area contributed by atoms with E-state index < -0.39 is 0 Å². The third-order valence-electron chi connectivity index (χ3n) is 4.49. The van der Waals surface area contributed by atoms with E-state index in [2.05, 4.69) is 0 Å². The van der Waals surface area contributed by atoms with E-state index in [0.717, 1.165) is 0 Å². The Hall–Kier alpha value is -2.21. The summed E-state index contributed by atoms with van der Waals surface area (Å²) in [4.78, 5) is 27.8. The van der Waals surface area contributed by atoms with Crippen LogP contribution in [0.3, 0.4) is 0 Å². The van der Waals surface area contributed by atoms with Crippen LogP contribution >= 0.6 is 12.4 Å². The highest BCUT2D eigenvalue weighted by atomic mass is 35.5. The maximum absolute atomic E-state index is 12.6. The van der Waals surface area contributed by atoms with Gasteiger partial charge in [-0.1, -0.05) is 0 Å². The molecule has 1 aliphatic heterocycles. The summed E-state index contributed by atoms with van der Waals surface area (Å²) < 4.78 is 5.98. The third-order valence-corrected chi connectivity index (χ3v) is 4.49. The zero-order valence-electron chi connectivity index (χ0n) is 14.0. The topological polar surface area (TPSA) is 74.0 Å². The van der Waals surface area contributed by atoms with Crippen molar-refractivity contribution in [3.8, 4) is 5.75 Å². The fourth-order valence-corrected chi connectivity index (χ4v) is 2.99. The van der Waals surface area contributed by atoms with Crippen molar-refractivity contribution in [1.29, 1.82) is 0 Å². The van der Waals surface area contributed by atoms with Gasteiger partial charge in [-0.3, -0.25) is 9.59 Å². The van der Waals surface area contributed by atoms with Gasteiger partial charge in [-0.25, -0.2) is 0 Å². The number of fused-ring (bicyclic) bond motifs is 1. The van der Waals surface area contributed by atoms with Crippen LogP contribution in [0.2, 0.25) is 0 Å². The molecule has 0 aliphatic carbocycles. The number of hydrogen-bond acceptors (Lipinski definition) is 5. The summed E-state index contributed by atoms with van der Waals surface area (Å²) in [6, 6.07) is 3.10. The van der Waals surface area contributed by atoms with Crippen molar-refractivity contribution in [2.24, 2.45) is 0 Å². The quantitative estimate of drug-likeness (QED) is 0.851. The number of aryl methyl sites for hydroxylation is 1. The van der Waals surface area contributed by atoms with Gasteiger partial charge in [0.15, 0.2) is 5.43 Å². The van der Waals surface area contributed by atoms with Crippen LogP contribution in [0, 0.1) is 13.8 Å². The first-order valence-electron chi connectivity index (χ1n) is 7.66. The van der Waals surface area contributed by atoms with Crippen molar-refractivity contribution in [3.05, 3.63) is 33.5 Å². The van der Waals surface area contributed by atoms with Crippen molar-refractivity contribution in [1.82, 2.24) is 4.90 Å². The summed E-state index contributed by atoms with van der Waals surface area (Å²) in [6.07, 6.45) is 0. The zero-order chi connectivity index (χ0) is 16.7. The fourth-order valence-electron chi connectivity index (χ4n) is 2.99. The molecule has 0 saturated carbocycles. The van der Waals surface area contributed by atoms with Crippen LogP contribution in [0.15, 0.2) is 21.3 Å². The number of anilines is 1. The molecular formula is C17H21ClN2O4. The number of halogens is 1. The van der Waals surface area contributed by atoms with E-state index in [1.807, 2.05) is 4.90 Å². The smallest absolute Gasteiger partial charge is 0.219 e. The van der Waals surface area contributed by atoms with Crippen LogP contribution in [0.25, 0.3) is 11.0 Å². The molecule has 7 heteroatoms. The Labute approximate surface area is 146 Å². The van der Waals surface area contributed by atoms with E-state index in [1.165, 1.54) is 6.07 Å². The molecule has 1 amide bonds. The van der Waals surface area contributed by atoms with Gasteiger partial charge in [-0.05, 0) is 26.0 Å². The van der Waals surface area contributed by atoms with Crippen LogP contribution in [-0.2, 0) is 4.79 Å². The van der Waals surface area contributed by atoms with E-state index in [-0.39, 0.29) is 29.5 Å². The van der Waals surface area contributed by atoms with E-state index in [9.17, 15) is 14.7 Å². The van der Waals surface area contributed by atoms with Crippen LogP contribution < -0.4 is 10.3 Å². The fraction of sp³-hybridized carbons (Fsp3) is 0.412. The van der Waals surface area contributed by atoms with Crippen LogP contribution in [0.4, 0.5) is 5.88 Å². The highest BCUT2D eigenvalue weighted by molar-refractivity contribution is 5.85. The molecule has 0 atom stereocenters. The molecule has 1 aromatic carbocycles. The number of carbonyl (C=O) groups excluding carboxylic acids is 1. The molecule has 6 nitrogen and oxygen atoms in total. The average molecular weight is 353 g/mol. The molecule has 1 saturated heterocycles. The highest BCUT2D eigenvalue weighted by Gasteiger charge is 2.24. The number of nitrogens with zero attached hydrogens (tertiary/aromatic N) is 2. The van der Waals surface area contributed by atoms with Gasteiger partial charge in [-0.15, -0.1) is 12.4 Å². The Kier molecular flexibility index (Phi) is 5.08. The first-order valence-corrected chi connectivity index (χ1v) is 7.66. The third kappa shape index (κ3) is 2.94. The lowest BCUT2D eigenvalue weighted by Gasteiger charge is -2.35. The number of carbonyl (C=O) groups is 1. The molecule has 1 fully saturated rings. The number of rotatable bonds is 1. The average Bonchev–Trinajstić information content (AvgIpc) is 2.54. The minimum absolute atomic E-state index is 0. The van der Waals surface area contributed by atoms with Crippen LogP contribution in [0.5, 0.6) is 5.75 Å². The van der Waals surface area contributed by atoms with E-state index in [4.69, 9.17) is 4.42 Å². The van der Waals surface area contributed by atoms with Crippen molar-refractivity contribution < 1.29 is 14.3 Å². The largest absolute Gasteiger partial charge is 0.508 e. The van der Waals surface area contributed by atoms with Gasteiger partial charge in [-0.2, -0.15) is 0 Å². The first kappa shape index (κ1) is 18.1. The molecule has 2 aromatic rings. The molecule has 0 unspecified atom stereocenters. The standard InChI is InChI=1S/C17H20N2O4.ClH/c1-10-14(21)5-4-13-15(22)11(2)17(23-16(10)13)19-8-6-18(7-9-19)12(3)20;/h4-5,21H,6-9H2,1-3H3;1H. The molecular weight excluding hydrogens is 332 g/mol. The number of phenolic OH excluding ortho intramolecular Hbond substituents is 1. The van der Waals surface area contributed by atoms with Gasteiger partial charge >= 0.3 is 0 Å². The van der Waals surface area contributed by atoms with E-state index in [0.29, 0.717) is 54.2 Å². The van der Waals surface area contributed by atoms with Crippen molar-refractivity contribution >= 4 is 35.2 Å². The van der Waals surface area contributed by atoms with E-state index >= 15 is 0 Å². The lowest BCUT2D eigenvalue weighted by molar-refractivity contribution is -0.129. The Bertz CT molecular complexity index is 839. The Morgan fingerprint density at radius 2 is 1.75 bits per heavy atom. The van der Waals surface area contributed by atoms with Crippen molar-refractivity contribution in [3.63, 3.8) is 0 Å². The predicted molar refractivity (Wildman–Crippen MR) is 95.3 cm³/mol. The van der Waals surface area contributed by atoms with Gasteiger partial charge in [0.05, 0.1) is 10.9 Å². The molecule has 1 aliphatic rings. The summed E-state index contributed by atoms with van der Waals surface area (Å²) in [7, 11) is 0. The SMILES string of the molecule is CC(=O)N1CCN(c2oc3c(C)c(O)ccc3c(=O)c2C)CC1.Cl. The van der Waals surface area contributed by atoms with Gasteiger partial charge in [0.25, 0.3) is 0 Å². The maximum Gasteiger partial charge on any atom is 0.219 e.